The average molecular weight is 447 g/mol. The number of nitriles is 1. The van der Waals surface area contributed by atoms with Crippen molar-refractivity contribution in [3.05, 3.63) is 82.0 Å². The minimum Gasteiger partial charge on any atom is -0.437 e. The highest BCUT2D eigenvalue weighted by atomic mass is 35.5. The van der Waals surface area contributed by atoms with E-state index < -0.39 is 5.91 Å². The average Bonchev–Trinajstić information content (AvgIpc) is 3.15. The van der Waals surface area contributed by atoms with Crippen LogP contribution in [-0.4, -0.2) is 23.3 Å². The van der Waals surface area contributed by atoms with Crippen LogP contribution >= 0.6 is 11.6 Å². The topological polar surface area (TPSA) is 109 Å². The molecule has 0 aliphatic carbocycles. The number of carbonyl (C=O) groups excluding carboxylic acids is 2. The third-order valence-electron chi connectivity index (χ3n) is 5.31. The molecule has 1 unspecified atom stereocenters. The number of pyridine rings is 1. The van der Waals surface area contributed by atoms with E-state index in [0.29, 0.717) is 39.8 Å². The zero-order chi connectivity index (χ0) is 22.8. The SMILES string of the molecule is Cc1ccc(C#N)c(Oc2cc(Cl)ccc2C2CC(=O)N(c3cccc(C(N)=O)c3)C2)n1. The lowest BCUT2D eigenvalue weighted by Crippen LogP contribution is -2.24. The minimum absolute atomic E-state index is 0.0797. The zero-order valence-corrected chi connectivity index (χ0v) is 18.0. The number of nitrogens with two attached hydrogens (primary N) is 1. The van der Waals surface area contributed by atoms with Crippen LogP contribution in [0.25, 0.3) is 0 Å². The van der Waals surface area contributed by atoms with Crippen molar-refractivity contribution >= 4 is 29.1 Å². The van der Waals surface area contributed by atoms with E-state index in [1.165, 1.54) is 0 Å². The summed E-state index contributed by atoms with van der Waals surface area (Å²) in [5, 5.41) is 9.86. The fourth-order valence-corrected chi connectivity index (χ4v) is 3.89. The molecule has 1 aliphatic rings. The quantitative estimate of drug-likeness (QED) is 0.627. The number of carbonyl (C=O) groups is 2. The van der Waals surface area contributed by atoms with E-state index >= 15 is 0 Å². The number of halogens is 1. The number of amides is 2. The number of hydrogen-bond donors (Lipinski definition) is 1. The fraction of sp³-hybridized carbons (Fsp3) is 0.167. The van der Waals surface area contributed by atoms with Gasteiger partial charge in [-0.15, -0.1) is 0 Å². The molecule has 8 heteroatoms. The van der Waals surface area contributed by atoms with Crippen LogP contribution in [0.1, 0.15) is 39.5 Å². The molecule has 1 aliphatic heterocycles. The maximum atomic E-state index is 12.8. The Bertz CT molecular complexity index is 1270. The van der Waals surface area contributed by atoms with Crippen molar-refractivity contribution in [2.24, 2.45) is 5.73 Å². The Kier molecular flexibility index (Phi) is 5.80. The molecule has 2 aromatic carbocycles. The molecular weight excluding hydrogens is 428 g/mol. The zero-order valence-electron chi connectivity index (χ0n) is 17.2. The molecule has 0 radical (unpaired) electrons. The number of nitrogens with zero attached hydrogens (tertiary/aromatic N) is 3. The summed E-state index contributed by atoms with van der Waals surface area (Å²) >= 11 is 6.21. The maximum Gasteiger partial charge on any atom is 0.248 e. The number of rotatable bonds is 5. The highest BCUT2D eigenvalue weighted by molar-refractivity contribution is 6.30. The highest BCUT2D eigenvalue weighted by Gasteiger charge is 2.33. The van der Waals surface area contributed by atoms with Gasteiger partial charge in [0.2, 0.25) is 17.7 Å². The first-order valence-corrected chi connectivity index (χ1v) is 10.3. The van der Waals surface area contributed by atoms with Crippen molar-refractivity contribution in [2.45, 2.75) is 19.3 Å². The molecule has 7 nitrogen and oxygen atoms in total. The van der Waals surface area contributed by atoms with Crippen LogP contribution in [0.2, 0.25) is 5.02 Å². The molecule has 1 fully saturated rings. The molecule has 1 atom stereocenters. The highest BCUT2D eigenvalue weighted by Crippen LogP contribution is 2.39. The Morgan fingerprint density at radius 1 is 1.25 bits per heavy atom. The number of primary amides is 1. The van der Waals surface area contributed by atoms with Crippen molar-refractivity contribution in [3.8, 4) is 17.7 Å². The molecule has 0 saturated carbocycles. The standard InChI is InChI=1S/C24H19ClN4O3/c1-14-5-6-16(12-26)24(28-14)32-21-11-18(25)7-8-20(21)17-10-22(30)29(13-17)19-4-2-3-15(9-19)23(27)31/h2-9,11,17H,10,13H2,1H3,(H2,27,31). The van der Waals surface area contributed by atoms with E-state index in [4.69, 9.17) is 22.1 Å². The first kappa shape index (κ1) is 21.3. The van der Waals surface area contributed by atoms with Crippen molar-refractivity contribution in [2.75, 3.05) is 11.4 Å². The van der Waals surface area contributed by atoms with Gasteiger partial charge in [0, 0.05) is 46.4 Å². The summed E-state index contributed by atoms with van der Waals surface area (Å²) in [6.45, 7) is 2.20. The van der Waals surface area contributed by atoms with Crippen LogP contribution < -0.4 is 15.4 Å². The molecular formula is C24H19ClN4O3. The Labute approximate surface area is 190 Å². The first-order valence-electron chi connectivity index (χ1n) is 9.91. The molecule has 32 heavy (non-hydrogen) atoms. The molecule has 160 valence electrons. The molecule has 0 bridgehead atoms. The monoisotopic (exact) mass is 446 g/mol. The summed E-state index contributed by atoms with van der Waals surface area (Å²) in [5.41, 5.74) is 8.11. The second-order valence-corrected chi connectivity index (χ2v) is 7.96. The number of benzene rings is 2. The minimum atomic E-state index is -0.553. The van der Waals surface area contributed by atoms with Crippen molar-refractivity contribution in [1.82, 2.24) is 4.98 Å². The molecule has 2 amide bonds. The molecule has 2 N–H and O–H groups in total. The second kappa shape index (κ2) is 8.69. The molecule has 3 aromatic rings. The smallest absolute Gasteiger partial charge is 0.248 e. The van der Waals surface area contributed by atoms with Crippen molar-refractivity contribution in [1.29, 1.82) is 5.26 Å². The van der Waals surface area contributed by atoms with E-state index in [0.717, 1.165) is 5.56 Å². The van der Waals surface area contributed by atoms with Crippen LogP contribution in [0.15, 0.2) is 54.6 Å². The van der Waals surface area contributed by atoms with Gasteiger partial charge in [-0.25, -0.2) is 4.98 Å². The summed E-state index contributed by atoms with van der Waals surface area (Å²) in [6, 6.07) is 17.3. The predicted octanol–water partition coefficient (Wildman–Crippen LogP) is 4.33. The summed E-state index contributed by atoms with van der Waals surface area (Å²) in [5.74, 6) is -0.183. The van der Waals surface area contributed by atoms with Gasteiger partial charge >= 0.3 is 0 Å². The van der Waals surface area contributed by atoms with Gasteiger partial charge in [0.05, 0.1) is 0 Å². The van der Waals surface area contributed by atoms with Crippen LogP contribution in [0.3, 0.4) is 0 Å². The summed E-state index contributed by atoms with van der Waals surface area (Å²) < 4.78 is 6.02. The molecule has 1 aromatic heterocycles. The molecule has 4 rings (SSSR count). The molecule has 1 saturated heterocycles. The fourth-order valence-electron chi connectivity index (χ4n) is 3.73. The number of hydrogen-bond acceptors (Lipinski definition) is 5. The van der Waals surface area contributed by atoms with Gasteiger partial charge in [-0.2, -0.15) is 5.26 Å². The van der Waals surface area contributed by atoms with Gasteiger partial charge in [-0.3, -0.25) is 9.59 Å². The summed E-state index contributed by atoms with van der Waals surface area (Å²) in [7, 11) is 0. The Morgan fingerprint density at radius 2 is 2.06 bits per heavy atom. The van der Waals surface area contributed by atoms with E-state index in [9.17, 15) is 14.9 Å². The van der Waals surface area contributed by atoms with Crippen LogP contribution in [0.4, 0.5) is 5.69 Å². The summed E-state index contributed by atoms with van der Waals surface area (Å²) in [6.07, 6.45) is 0.255. The van der Waals surface area contributed by atoms with Crippen molar-refractivity contribution in [3.63, 3.8) is 0 Å². The Balaban J connectivity index is 1.66. The predicted molar refractivity (Wildman–Crippen MR) is 120 cm³/mol. The molecule has 0 spiro atoms. The lowest BCUT2D eigenvalue weighted by Gasteiger charge is -2.19. The van der Waals surface area contributed by atoms with Gasteiger partial charge < -0.3 is 15.4 Å². The first-order chi connectivity index (χ1) is 15.4. The van der Waals surface area contributed by atoms with Gasteiger partial charge in [-0.05, 0) is 49.4 Å². The summed E-state index contributed by atoms with van der Waals surface area (Å²) in [4.78, 5) is 30.3. The second-order valence-electron chi connectivity index (χ2n) is 7.52. The van der Waals surface area contributed by atoms with Crippen LogP contribution in [0, 0.1) is 18.3 Å². The number of aryl methyl sites for hydroxylation is 1. The largest absolute Gasteiger partial charge is 0.437 e. The molecule has 2 heterocycles. The van der Waals surface area contributed by atoms with E-state index in [-0.39, 0.29) is 24.1 Å². The van der Waals surface area contributed by atoms with Gasteiger partial charge in [0.1, 0.15) is 17.4 Å². The lowest BCUT2D eigenvalue weighted by molar-refractivity contribution is -0.117. The van der Waals surface area contributed by atoms with Crippen LogP contribution in [0.5, 0.6) is 11.6 Å². The normalized spacial score (nSPS) is 15.5. The number of anilines is 1. The lowest BCUT2D eigenvalue weighted by atomic mass is 9.97. The van der Waals surface area contributed by atoms with E-state index in [2.05, 4.69) is 11.1 Å². The van der Waals surface area contributed by atoms with Gasteiger partial charge in [-0.1, -0.05) is 23.7 Å². The third kappa shape index (κ3) is 4.27. The van der Waals surface area contributed by atoms with Crippen LogP contribution in [-0.2, 0) is 4.79 Å². The third-order valence-corrected chi connectivity index (χ3v) is 5.54. The number of aromatic nitrogens is 1. The van der Waals surface area contributed by atoms with Gasteiger partial charge in [0.15, 0.2) is 0 Å². The van der Waals surface area contributed by atoms with E-state index in [1.807, 2.05) is 6.07 Å². The maximum absolute atomic E-state index is 12.8. The van der Waals surface area contributed by atoms with Gasteiger partial charge in [0.25, 0.3) is 0 Å². The number of ether oxygens (including phenoxy) is 1. The van der Waals surface area contributed by atoms with E-state index in [1.54, 1.807) is 60.4 Å². The van der Waals surface area contributed by atoms with Crippen molar-refractivity contribution < 1.29 is 14.3 Å². The Hall–Kier alpha value is -3.89. The Morgan fingerprint density at radius 3 is 2.81 bits per heavy atom.